The van der Waals surface area contributed by atoms with Crippen LogP contribution in [0.5, 0.6) is 0 Å². The Hall–Kier alpha value is -2.99. The van der Waals surface area contributed by atoms with E-state index in [0.29, 0.717) is 12.4 Å². The Labute approximate surface area is 145 Å². The standard InChI is InChI=1S/C19H18FN5/c1-13-10-18(23-22-13)21-19-17-5-3-2-4-15(17)12-25(24-19)11-14-6-8-16(20)9-7-14/h2-10H,11-12H2,1H3,(H2,21,22,23,24). The molecule has 0 spiro atoms. The topological polar surface area (TPSA) is 56.3 Å². The highest BCUT2D eigenvalue weighted by molar-refractivity contribution is 6.01. The fourth-order valence-electron chi connectivity index (χ4n) is 2.91. The number of nitrogens with one attached hydrogen (secondary N) is 2. The van der Waals surface area contributed by atoms with E-state index in [1.165, 1.54) is 17.7 Å². The summed E-state index contributed by atoms with van der Waals surface area (Å²) in [6.07, 6.45) is 0. The summed E-state index contributed by atoms with van der Waals surface area (Å²) in [4.78, 5) is 4.65. The van der Waals surface area contributed by atoms with Crippen LogP contribution in [0.15, 0.2) is 59.6 Å². The molecule has 3 aromatic rings. The quantitative estimate of drug-likeness (QED) is 0.771. The maximum absolute atomic E-state index is 13.1. The van der Waals surface area contributed by atoms with E-state index < -0.39 is 0 Å². The Kier molecular flexibility index (Phi) is 4.03. The summed E-state index contributed by atoms with van der Waals surface area (Å²) in [6, 6.07) is 16.6. The number of aromatic amines is 1. The van der Waals surface area contributed by atoms with Gasteiger partial charge in [0.15, 0.2) is 11.7 Å². The van der Waals surface area contributed by atoms with Gasteiger partial charge in [0, 0.05) is 30.4 Å². The number of halogens is 1. The predicted octanol–water partition coefficient (Wildman–Crippen LogP) is 3.46. The molecule has 0 saturated heterocycles. The number of hydrogen-bond acceptors (Lipinski definition) is 3. The zero-order valence-electron chi connectivity index (χ0n) is 13.8. The molecule has 1 aliphatic heterocycles. The fraction of sp³-hybridized carbons (Fsp3) is 0.158. The number of rotatable bonds is 3. The van der Waals surface area contributed by atoms with E-state index in [4.69, 9.17) is 0 Å². The minimum Gasteiger partial charge on any atom is -0.302 e. The molecule has 6 heteroatoms. The van der Waals surface area contributed by atoms with Crippen LogP contribution in [0.4, 0.5) is 10.2 Å². The van der Waals surface area contributed by atoms with Crippen LogP contribution in [0, 0.1) is 12.7 Å². The number of H-pyrrole nitrogens is 1. The first-order chi connectivity index (χ1) is 12.2. The molecule has 0 bridgehead atoms. The number of hydrazine groups is 1. The highest BCUT2D eigenvalue weighted by atomic mass is 19.1. The van der Waals surface area contributed by atoms with Crippen molar-refractivity contribution in [2.24, 2.45) is 4.99 Å². The van der Waals surface area contributed by atoms with E-state index in [-0.39, 0.29) is 5.82 Å². The van der Waals surface area contributed by atoms with Crippen molar-refractivity contribution in [3.05, 3.63) is 82.8 Å². The molecule has 2 heterocycles. The van der Waals surface area contributed by atoms with Gasteiger partial charge in [-0.25, -0.2) is 14.4 Å². The Morgan fingerprint density at radius 3 is 2.72 bits per heavy atom. The van der Waals surface area contributed by atoms with Crippen LogP contribution >= 0.6 is 0 Å². The molecule has 2 N–H and O–H groups in total. The number of hydrogen-bond donors (Lipinski definition) is 2. The Balaban J connectivity index is 1.64. The van der Waals surface area contributed by atoms with E-state index >= 15 is 0 Å². The van der Waals surface area contributed by atoms with Crippen LogP contribution in [0.25, 0.3) is 0 Å². The van der Waals surface area contributed by atoms with E-state index in [1.807, 2.05) is 25.1 Å². The predicted molar refractivity (Wildman–Crippen MR) is 94.7 cm³/mol. The second-order valence-electron chi connectivity index (χ2n) is 6.12. The minimum atomic E-state index is -0.225. The molecular formula is C19H18FN5. The molecule has 0 unspecified atom stereocenters. The van der Waals surface area contributed by atoms with Crippen molar-refractivity contribution in [3.8, 4) is 0 Å². The molecule has 5 nitrogen and oxygen atoms in total. The lowest BCUT2D eigenvalue weighted by Gasteiger charge is -2.31. The number of aromatic nitrogens is 2. The molecule has 1 aromatic heterocycles. The molecule has 0 atom stereocenters. The first-order valence-electron chi connectivity index (χ1n) is 8.12. The molecule has 0 amide bonds. The van der Waals surface area contributed by atoms with Crippen LogP contribution in [0.1, 0.15) is 22.4 Å². The van der Waals surface area contributed by atoms with Gasteiger partial charge in [-0.2, -0.15) is 5.10 Å². The zero-order chi connectivity index (χ0) is 17.2. The highest BCUT2D eigenvalue weighted by Crippen LogP contribution is 2.20. The second kappa shape index (κ2) is 6.49. The summed E-state index contributed by atoms with van der Waals surface area (Å²) in [7, 11) is 0. The average Bonchev–Trinajstić information content (AvgIpc) is 3.02. The lowest BCUT2D eigenvalue weighted by molar-refractivity contribution is 0.209. The van der Waals surface area contributed by atoms with Crippen molar-refractivity contribution in [1.29, 1.82) is 0 Å². The number of aliphatic imine (C=N–C) groups is 1. The van der Waals surface area contributed by atoms with Gasteiger partial charge in [-0.15, -0.1) is 0 Å². The molecule has 25 heavy (non-hydrogen) atoms. The smallest absolute Gasteiger partial charge is 0.175 e. The first-order valence-corrected chi connectivity index (χ1v) is 8.12. The van der Waals surface area contributed by atoms with Crippen molar-refractivity contribution < 1.29 is 4.39 Å². The van der Waals surface area contributed by atoms with Gasteiger partial charge in [0.05, 0.1) is 0 Å². The van der Waals surface area contributed by atoms with E-state index in [2.05, 4.69) is 37.8 Å². The SMILES string of the molecule is Cc1cc(N=C2NN(Cc3ccc(F)cc3)Cc3ccccc32)n[nH]1. The Bertz CT molecular complexity index is 914. The Morgan fingerprint density at radius 1 is 1.16 bits per heavy atom. The third-order valence-electron chi connectivity index (χ3n) is 4.10. The zero-order valence-corrected chi connectivity index (χ0v) is 13.8. The number of benzene rings is 2. The number of fused-ring (bicyclic) bond motifs is 1. The van der Waals surface area contributed by atoms with Crippen LogP contribution in [0.3, 0.4) is 0 Å². The van der Waals surface area contributed by atoms with Crippen molar-refractivity contribution in [1.82, 2.24) is 20.6 Å². The summed E-state index contributed by atoms with van der Waals surface area (Å²) < 4.78 is 13.1. The van der Waals surface area contributed by atoms with Crippen molar-refractivity contribution in [2.45, 2.75) is 20.0 Å². The number of nitrogens with zero attached hydrogens (tertiary/aromatic N) is 3. The first kappa shape index (κ1) is 15.5. The average molecular weight is 335 g/mol. The van der Waals surface area contributed by atoms with Gasteiger partial charge in [0.25, 0.3) is 0 Å². The van der Waals surface area contributed by atoms with Gasteiger partial charge in [0.1, 0.15) is 5.82 Å². The summed E-state index contributed by atoms with van der Waals surface area (Å²) >= 11 is 0. The van der Waals surface area contributed by atoms with Gasteiger partial charge < -0.3 is 5.43 Å². The number of amidine groups is 1. The van der Waals surface area contributed by atoms with Gasteiger partial charge in [-0.1, -0.05) is 36.4 Å². The molecule has 4 rings (SSSR count). The van der Waals surface area contributed by atoms with Crippen molar-refractivity contribution in [2.75, 3.05) is 0 Å². The van der Waals surface area contributed by atoms with Crippen LogP contribution in [-0.4, -0.2) is 21.0 Å². The van der Waals surface area contributed by atoms with Crippen LogP contribution in [-0.2, 0) is 13.1 Å². The Morgan fingerprint density at radius 2 is 1.96 bits per heavy atom. The molecule has 2 aromatic carbocycles. The van der Waals surface area contributed by atoms with E-state index in [1.54, 1.807) is 12.1 Å². The summed E-state index contributed by atoms with van der Waals surface area (Å²) in [5.41, 5.74) is 7.62. The van der Waals surface area contributed by atoms with Gasteiger partial charge >= 0.3 is 0 Å². The van der Waals surface area contributed by atoms with Gasteiger partial charge in [-0.3, -0.25) is 5.10 Å². The third kappa shape index (κ3) is 3.44. The second-order valence-corrected chi connectivity index (χ2v) is 6.12. The maximum Gasteiger partial charge on any atom is 0.175 e. The molecule has 0 aliphatic carbocycles. The van der Waals surface area contributed by atoms with Crippen molar-refractivity contribution in [3.63, 3.8) is 0 Å². The highest BCUT2D eigenvalue weighted by Gasteiger charge is 2.21. The lowest BCUT2D eigenvalue weighted by atomic mass is 10.0. The summed E-state index contributed by atoms with van der Waals surface area (Å²) in [5.74, 6) is 1.17. The normalized spacial score (nSPS) is 15.8. The molecule has 126 valence electrons. The third-order valence-corrected chi connectivity index (χ3v) is 4.10. The lowest BCUT2D eigenvalue weighted by Crippen LogP contribution is -2.45. The minimum absolute atomic E-state index is 0.225. The van der Waals surface area contributed by atoms with Crippen LogP contribution in [0.2, 0.25) is 0 Å². The van der Waals surface area contributed by atoms with E-state index in [0.717, 1.165) is 29.2 Å². The molecular weight excluding hydrogens is 317 g/mol. The van der Waals surface area contributed by atoms with Crippen LogP contribution < -0.4 is 5.43 Å². The maximum atomic E-state index is 13.1. The monoisotopic (exact) mass is 335 g/mol. The van der Waals surface area contributed by atoms with Gasteiger partial charge in [0.2, 0.25) is 0 Å². The summed E-state index contributed by atoms with van der Waals surface area (Å²) in [6.45, 7) is 3.33. The molecule has 1 aliphatic rings. The number of aryl methyl sites for hydroxylation is 1. The largest absolute Gasteiger partial charge is 0.302 e. The van der Waals surface area contributed by atoms with E-state index in [9.17, 15) is 4.39 Å². The summed E-state index contributed by atoms with van der Waals surface area (Å²) in [5, 5.41) is 9.16. The molecule has 0 fully saturated rings. The van der Waals surface area contributed by atoms with Gasteiger partial charge in [-0.05, 0) is 30.2 Å². The molecule has 0 saturated carbocycles. The van der Waals surface area contributed by atoms with Crippen molar-refractivity contribution >= 4 is 11.7 Å². The molecule has 0 radical (unpaired) electrons. The fourth-order valence-corrected chi connectivity index (χ4v) is 2.91.